The second kappa shape index (κ2) is 7.02. The minimum Gasteiger partial charge on any atom is -0.350 e. The lowest BCUT2D eigenvalue weighted by molar-refractivity contribution is 0.0949. The van der Waals surface area contributed by atoms with E-state index >= 15 is 0 Å². The molecule has 0 fully saturated rings. The normalized spacial score (nSPS) is 10.5. The van der Waals surface area contributed by atoms with Crippen LogP contribution in [0.15, 0.2) is 55.1 Å². The Morgan fingerprint density at radius 3 is 2.83 bits per heavy atom. The van der Waals surface area contributed by atoms with Crippen LogP contribution in [0.5, 0.6) is 0 Å². The molecule has 0 aliphatic rings. The molecular weight excluding hydrogens is 314 g/mol. The van der Waals surface area contributed by atoms with Gasteiger partial charge in [0.2, 0.25) is 0 Å². The summed E-state index contributed by atoms with van der Waals surface area (Å²) in [5.41, 5.74) is 2.06. The lowest BCUT2D eigenvalue weighted by Crippen LogP contribution is -2.27. The molecule has 0 saturated heterocycles. The molecule has 0 aliphatic carbocycles. The maximum atomic E-state index is 12.0. The number of halogens is 1. The van der Waals surface area contributed by atoms with E-state index in [4.69, 9.17) is 11.6 Å². The van der Waals surface area contributed by atoms with Gasteiger partial charge in [-0.05, 0) is 18.2 Å². The van der Waals surface area contributed by atoms with Crippen molar-refractivity contribution >= 4 is 17.5 Å². The molecule has 7 heteroatoms. The first kappa shape index (κ1) is 15.2. The highest BCUT2D eigenvalue weighted by Gasteiger charge is 2.11. The Hall–Kier alpha value is -2.73. The molecule has 0 aliphatic heterocycles. The maximum absolute atomic E-state index is 12.0. The highest BCUT2D eigenvalue weighted by atomic mass is 35.5. The van der Waals surface area contributed by atoms with Gasteiger partial charge in [-0.3, -0.25) is 4.79 Å². The zero-order valence-electron chi connectivity index (χ0n) is 12.2. The van der Waals surface area contributed by atoms with Gasteiger partial charge in [0.15, 0.2) is 0 Å². The number of rotatable bonds is 5. The van der Waals surface area contributed by atoms with Crippen LogP contribution in [0, 0.1) is 0 Å². The summed E-state index contributed by atoms with van der Waals surface area (Å²) in [5.74, 6) is -0.320. The molecule has 0 bridgehead atoms. The fourth-order valence-electron chi connectivity index (χ4n) is 2.09. The molecule has 3 aromatic rings. The molecule has 6 nitrogen and oxygen atoms in total. The highest BCUT2D eigenvalue weighted by molar-refractivity contribution is 6.33. The minimum absolute atomic E-state index is 0.177. The molecule has 1 aromatic carbocycles. The average molecular weight is 328 g/mol. The van der Waals surface area contributed by atoms with Crippen LogP contribution < -0.4 is 5.32 Å². The first-order chi connectivity index (χ1) is 11.2. The van der Waals surface area contributed by atoms with Crippen molar-refractivity contribution < 1.29 is 4.79 Å². The SMILES string of the molecule is O=C(NCCc1ccn(-c2ccccc2)n1)c1ncncc1Cl. The smallest absolute Gasteiger partial charge is 0.271 e. The van der Waals surface area contributed by atoms with Crippen molar-refractivity contribution in [2.24, 2.45) is 0 Å². The summed E-state index contributed by atoms with van der Waals surface area (Å²) in [7, 11) is 0. The van der Waals surface area contributed by atoms with E-state index in [1.165, 1.54) is 12.5 Å². The summed E-state index contributed by atoms with van der Waals surface area (Å²) >= 11 is 5.88. The number of hydrogen-bond acceptors (Lipinski definition) is 4. The summed E-state index contributed by atoms with van der Waals surface area (Å²) in [4.78, 5) is 19.6. The molecule has 1 amide bonds. The largest absolute Gasteiger partial charge is 0.350 e. The van der Waals surface area contributed by atoms with Gasteiger partial charge in [0.25, 0.3) is 5.91 Å². The van der Waals surface area contributed by atoms with E-state index in [0.717, 1.165) is 11.4 Å². The molecule has 1 N–H and O–H groups in total. The van der Waals surface area contributed by atoms with Crippen LogP contribution in [0.3, 0.4) is 0 Å². The van der Waals surface area contributed by atoms with Crippen LogP contribution in [-0.4, -0.2) is 32.2 Å². The Balaban J connectivity index is 1.56. The van der Waals surface area contributed by atoms with Crippen molar-refractivity contribution in [1.82, 2.24) is 25.1 Å². The molecule has 0 radical (unpaired) electrons. The number of para-hydroxylation sites is 1. The Morgan fingerprint density at radius 2 is 2.04 bits per heavy atom. The summed E-state index contributed by atoms with van der Waals surface area (Å²) in [5, 5.41) is 7.49. The first-order valence-corrected chi connectivity index (χ1v) is 7.45. The van der Waals surface area contributed by atoms with Crippen LogP contribution in [0.25, 0.3) is 5.69 Å². The predicted octanol–water partition coefficient (Wildman–Crippen LogP) is 2.29. The zero-order chi connectivity index (χ0) is 16.1. The summed E-state index contributed by atoms with van der Waals surface area (Å²) in [6.45, 7) is 0.449. The molecule has 3 rings (SSSR count). The second-order valence-electron chi connectivity index (χ2n) is 4.81. The van der Waals surface area contributed by atoms with Crippen molar-refractivity contribution in [2.75, 3.05) is 6.54 Å². The number of hydrogen-bond donors (Lipinski definition) is 1. The first-order valence-electron chi connectivity index (χ1n) is 7.08. The molecule has 0 atom stereocenters. The van der Waals surface area contributed by atoms with Crippen LogP contribution >= 0.6 is 11.6 Å². The van der Waals surface area contributed by atoms with Gasteiger partial charge in [-0.25, -0.2) is 14.6 Å². The average Bonchev–Trinajstić information content (AvgIpc) is 3.05. The van der Waals surface area contributed by atoms with E-state index in [1.54, 1.807) is 4.68 Å². The zero-order valence-corrected chi connectivity index (χ0v) is 12.9. The highest BCUT2D eigenvalue weighted by Crippen LogP contribution is 2.10. The molecule has 116 valence electrons. The van der Waals surface area contributed by atoms with Crippen molar-refractivity contribution in [1.29, 1.82) is 0 Å². The lowest BCUT2D eigenvalue weighted by Gasteiger charge is -2.04. The van der Waals surface area contributed by atoms with Crippen LogP contribution in [0.1, 0.15) is 16.2 Å². The topological polar surface area (TPSA) is 72.7 Å². The number of carbonyl (C=O) groups excluding carboxylic acids is 1. The van der Waals surface area contributed by atoms with Crippen LogP contribution in [-0.2, 0) is 6.42 Å². The Morgan fingerprint density at radius 1 is 1.22 bits per heavy atom. The fourth-order valence-corrected chi connectivity index (χ4v) is 2.28. The van der Waals surface area contributed by atoms with E-state index in [0.29, 0.717) is 13.0 Å². The fraction of sp³-hybridized carbons (Fsp3) is 0.125. The summed E-state index contributed by atoms with van der Waals surface area (Å²) in [6, 6.07) is 11.8. The number of aromatic nitrogens is 4. The van der Waals surface area contributed by atoms with Gasteiger partial charge in [-0.15, -0.1) is 0 Å². The molecule has 23 heavy (non-hydrogen) atoms. The number of amides is 1. The van der Waals surface area contributed by atoms with Gasteiger partial charge < -0.3 is 5.32 Å². The number of nitrogens with one attached hydrogen (secondary N) is 1. The van der Waals surface area contributed by atoms with E-state index in [9.17, 15) is 4.79 Å². The van der Waals surface area contributed by atoms with Crippen molar-refractivity contribution in [3.63, 3.8) is 0 Å². The third kappa shape index (κ3) is 3.73. The summed E-state index contributed by atoms with van der Waals surface area (Å²) < 4.78 is 1.80. The van der Waals surface area contributed by atoms with Gasteiger partial charge in [0.1, 0.15) is 12.0 Å². The van der Waals surface area contributed by atoms with E-state index in [1.807, 2.05) is 42.6 Å². The third-order valence-electron chi connectivity index (χ3n) is 3.21. The molecule has 0 spiro atoms. The van der Waals surface area contributed by atoms with Gasteiger partial charge >= 0.3 is 0 Å². The minimum atomic E-state index is -0.320. The van der Waals surface area contributed by atoms with Crippen molar-refractivity contribution in [2.45, 2.75) is 6.42 Å². The van der Waals surface area contributed by atoms with Crippen molar-refractivity contribution in [3.8, 4) is 5.69 Å². The predicted molar refractivity (Wildman–Crippen MR) is 86.6 cm³/mol. The Bertz CT molecular complexity index is 803. The summed E-state index contributed by atoms with van der Waals surface area (Å²) in [6.07, 6.45) is 5.20. The third-order valence-corrected chi connectivity index (χ3v) is 3.49. The molecule has 2 heterocycles. The van der Waals surface area contributed by atoms with Crippen molar-refractivity contribution in [3.05, 3.63) is 71.5 Å². The number of carbonyl (C=O) groups is 1. The van der Waals surface area contributed by atoms with Gasteiger partial charge in [-0.2, -0.15) is 5.10 Å². The number of benzene rings is 1. The van der Waals surface area contributed by atoms with E-state index < -0.39 is 0 Å². The molecular formula is C16H14ClN5O. The van der Waals surface area contributed by atoms with Crippen LogP contribution in [0.4, 0.5) is 0 Å². The van der Waals surface area contributed by atoms with E-state index in [-0.39, 0.29) is 16.6 Å². The number of nitrogens with zero attached hydrogens (tertiary/aromatic N) is 4. The molecule has 0 saturated carbocycles. The van der Waals surface area contributed by atoms with E-state index in [2.05, 4.69) is 20.4 Å². The second-order valence-corrected chi connectivity index (χ2v) is 5.22. The Kier molecular flexibility index (Phi) is 4.63. The van der Waals surface area contributed by atoms with Gasteiger partial charge in [-0.1, -0.05) is 29.8 Å². The van der Waals surface area contributed by atoms with Gasteiger partial charge in [0, 0.05) is 25.4 Å². The molecule has 2 aromatic heterocycles. The van der Waals surface area contributed by atoms with Crippen LogP contribution in [0.2, 0.25) is 5.02 Å². The quantitative estimate of drug-likeness (QED) is 0.780. The lowest BCUT2D eigenvalue weighted by atomic mass is 10.3. The maximum Gasteiger partial charge on any atom is 0.271 e. The van der Waals surface area contributed by atoms with Gasteiger partial charge in [0.05, 0.1) is 16.4 Å². The molecule has 0 unspecified atom stereocenters. The standard InChI is InChI=1S/C16H14ClN5O/c17-14-10-18-11-20-15(14)16(23)19-8-6-12-7-9-22(21-12)13-4-2-1-3-5-13/h1-5,7,9-11H,6,8H2,(H,19,23). The Labute approximate surface area is 138 Å². The monoisotopic (exact) mass is 327 g/mol.